The first-order valence-electron chi connectivity index (χ1n) is 6.65. The van der Waals surface area contributed by atoms with Crippen LogP contribution in [0.2, 0.25) is 0 Å². The summed E-state index contributed by atoms with van der Waals surface area (Å²) in [5.74, 6) is -0.627. The van der Waals surface area contributed by atoms with Gasteiger partial charge in [-0.1, -0.05) is 6.07 Å². The highest BCUT2D eigenvalue weighted by atomic mass is 32.2. The number of ether oxygens (including phenoxy) is 1. The maximum absolute atomic E-state index is 12.3. The molecule has 0 atom stereocenters. The van der Waals surface area contributed by atoms with Gasteiger partial charge in [0.15, 0.2) is 0 Å². The van der Waals surface area contributed by atoms with Gasteiger partial charge in [0.1, 0.15) is 5.75 Å². The maximum Gasteiger partial charge on any atom is 0.276 e. The summed E-state index contributed by atoms with van der Waals surface area (Å²) in [5.41, 5.74) is 2.33. The number of nitrogens with one attached hydrogen (secondary N) is 3. The van der Waals surface area contributed by atoms with Crippen molar-refractivity contribution in [3.8, 4) is 5.75 Å². The molecular formula is C14H15N3O5S2. The molecule has 1 heterocycles. The zero-order valence-electron chi connectivity index (χ0n) is 12.8. The molecule has 0 bridgehead atoms. The van der Waals surface area contributed by atoms with Gasteiger partial charge < -0.3 is 10.1 Å². The second-order valence-electron chi connectivity index (χ2n) is 4.58. The zero-order chi connectivity index (χ0) is 17.7. The van der Waals surface area contributed by atoms with E-state index >= 15 is 0 Å². The summed E-state index contributed by atoms with van der Waals surface area (Å²) in [6.07, 6.45) is 0. The molecule has 10 heteroatoms. The number of anilines is 1. The minimum absolute atomic E-state index is 0.140. The van der Waals surface area contributed by atoms with E-state index < -0.39 is 15.9 Å². The molecule has 0 spiro atoms. The van der Waals surface area contributed by atoms with Gasteiger partial charge in [-0.3, -0.25) is 15.0 Å². The fourth-order valence-corrected chi connectivity index (χ4v) is 3.27. The zero-order valence-corrected chi connectivity index (χ0v) is 14.5. The third-order valence-electron chi connectivity index (χ3n) is 2.84. The highest BCUT2D eigenvalue weighted by Crippen LogP contribution is 2.27. The molecule has 2 aromatic rings. The van der Waals surface area contributed by atoms with Crippen LogP contribution in [0.15, 0.2) is 40.6 Å². The monoisotopic (exact) mass is 369 g/mol. The lowest BCUT2D eigenvalue weighted by molar-refractivity contribution is -0.114. The molecular weight excluding hydrogens is 354 g/mol. The van der Waals surface area contributed by atoms with E-state index in [-0.39, 0.29) is 16.5 Å². The number of thiophene rings is 1. The van der Waals surface area contributed by atoms with Gasteiger partial charge in [0, 0.05) is 6.92 Å². The van der Waals surface area contributed by atoms with Crippen molar-refractivity contribution in [1.82, 2.24) is 10.3 Å². The van der Waals surface area contributed by atoms with Crippen LogP contribution in [0, 0.1) is 0 Å². The number of carbonyl (C=O) groups excluding carboxylic acids is 2. The Bertz CT molecular complexity index is 847. The molecule has 1 aromatic heterocycles. The van der Waals surface area contributed by atoms with Gasteiger partial charge in [-0.2, -0.15) is 0 Å². The first-order valence-corrected chi connectivity index (χ1v) is 9.01. The Labute approximate surface area is 142 Å². The van der Waals surface area contributed by atoms with Crippen molar-refractivity contribution in [2.75, 3.05) is 12.4 Å². The molecule has 0 unspecified atom stereocenters. The molecule has 0 saturated heterocycles. The van der Waals surface area contributed by atoms with Gasteiger partial charge in [-0.15, -0.1) is 16.2 Å². The van der Waals surface area contributed by atoms with Gasteiger partial charge >= 0.3 is 0 Å². The number of hydrazine groups is 1. The molecule has 3 N–H and O–H groups in total. The minimum atomic E-state index is -4.01. The first-order chi connectivity index (χ1) is 11.3. The van der Waals surface area contributed by atoms with E-state index in [1.165, 1.54) is 43.6 Å². The molecule has 128 valence electrons. The quantitative estimate of drug-likeness (QED) is 0.665. The van der Waals surface area contributed by atoms with E-state index in [9.17, 15) is 18.0 Å². The normalized spacial score (nSPS) is 10.9. The van der Waals surface area contributed by atoms with Crippen LogP contribution < -0.4 is 20.3 Å². The fourth-order valence-electron chi connectivity index (χ4n) is 1.78. The number of methoxy groups -OCH3 is 1. The maximum atomic E-state index is 12.3. The summed E-state index contributed by atoms with van der Waals surface area (Å²) in [6, 6.07) is 7.18. The smallest absolute Gasteiger partial charge is 0.276 e. The molecule has 0 radical (unpaired) electrons. The number of rotatable bonds is 6. The summed E-state index contributed by atoms with van der Waals surface area (Å²) in [5, 5.41) is 4.18. The first kappa shape index (κ1) is 17.9. The second-order valence-corrected chi connectivity index (χ2v) is 7.21. The Morgan fingerprint density at radius 2 is 1.96 bits per heavy atom. The highest BCUT2D eigenvalue weighted by Gasteiger charge is 2.18. The average molecular weight is 369 g/mol. The third-order valence-corrected chi connectivity index (χ3v) is 4.95. The third kappa shape index (κ3) is 4.31. The van der Waals surface area contributed by atoms with E-state index in [1.807, 2.05) is 4.83 Å². The van der Waals surface area contributed by atoms with Crippen molar-refractivity contribution < 1.29 is 22.7 Å². The topological polar surface area (TPSA) is 114 Å². The summed E-state index contributed by atoms with van der Waals surface area (Å²) in [6.45, 7) is 1.29. The van der Waals surface area contributed by atoms with Crippen molar-refractivity contribution in [1.29, 1.82) is 0 Å². The van der Waals surface area contributed by atoms with Gasteiger partial charge in [0.2, 0.25) is 5.91 Å². The average Bonchev–Trinajstić information content (AvgIpc) is 3.06. The van der Waals surface area contributed by atoms with Crippen LogP contribution >= 0.6 is 11.3 Å². The highest BCUT2D eigenvalue weighted by molar-refractivity contribution is 7.89. The molecule has 0 aliphatic heterocycles. The SMILES string of the molecule is COc1ccc(S(=O)(=O)NNC(=O)c2cccs2)cc1NC(C)=O. The van der Waals surface area contributed by atoms with E-state index in [0.717, 1.165) is 0 Å². The lowest BCUT2D eigenvalue weighted by Gasteiger charge is -2.12. The van der Waals surface area contributed by atoms with E-state index in [4.69, 9.17) is 4.74 Å². The van der Waals surface area contributed by atoms with Crippen molar-refractivity contribution in [2.45, 2.75) is 11.8 Å². The van der Waals surface area contributed by atoms with E-state index in [1.54, 1.807) is 17.5 Å². The van der Waals surface area contributed by atoms with Crippen LogP contribution in [0.5, 0.6) is 5.75 Å². The molecule has 8 nitrogen and oxygen atoms in total. The Balaban J connectivity index is 2.19. The van der Waals surface area contributed by atoms with Crippen molar-refractivity contribution in [3.63, 3.8) is 0 Å². The number of benzene rings is 1. The minimum Gasteiger partial charge on any atom is -0.495 e. The van der Waals surface area contributed by atoms with E-state index in [2.05, 4.69) is 10.7 Å². The van der Waals surface area contributed by atoms with Crippen LogP contribution in [0.1, 0.15) is 16.6 Å². The summed E-state index contributed by atoms with van der Waals surface area (Å²) in [7, 11) is -2.62. The van der Waals surface area contributed by atoms with Gasteiger partial charge in [-0.25, -0.2) is 8.42 Å². The molecule has 0 aliphatic carbocycles. The lowest BCUT2D eigenvalue weighted by Crippen LogP contribution is -2.41. The van der Waals surface area contributed by atoms with Crippen molar-refractivity contribution in [2.24, 2.45) is 0 Å². The number of carbonyl (C=O) groups is 2. The Kier molecular flexibility index (Phi) is 5.54. The number of sulfonamides is 1. The second kappa shape index (κ2) is 7.43. The standard InChI is InChI=1S/C14H15N3O5S2/c1-9(18)15-11-8-10(5-6-12(11)22-2)24(20,21)17-16-14(19)13-4-3-7-23-13/h3-8,17H,1-2H3,(H,15,18)(H,16,19). The molecule has 1 aromatic carbocycles. The van der Waals surface area contributed by atoms with Crippen molar-refractivity contribution >= 4 is 38.9 Å². The van der Waals surface area contributed by atoms with Crippen molar-refractivity contribution in [3.05, 3.63) is 40.6 Å². The summed E-state index contributed by atoms with van der Waals surface area (Å²) < 4.78 is 29.6. The predicted molar refractivity (Wildman–Crippen MR) is 89.4 cm³/mol. The molecule has 2 amide bonds. The van der Waals surface area contributed by atoms with Gasteiger partial charge in [0.05, 0.1) is 22.6 Å². The number of hydrogen-bond donors (Lipinski definition) is 3. The number of hydrogen-bond acceptors (Lipinski definition) is 6. The summed E-state index contributed by atoms with van der Waals surface area (Å²) >= 11 is 1.18. The Morgan fingerprint density at radius 1 is 1.21 bits per heavy atom. The molecule has 2 rings (SSSR count). The number of amides is 2. The van der Waals surface area contributed by atoms with Crippen LogP contribution in [-0.4, -0.2) is 27.3 Å². The van der Waals surface area contributed by atoms with Gasteiger partial charge in [-0.05, 0) is 29.6 Å². The van der Waals surface area contributed by atoms with Crippen LogP contribution in [0.4, 0.5) is 5.69 Å². The predicted octanol–water partition coefficient (Wildman–Crippen LogP) is 1.34. The molecule has 0 fully saturated rings. The Hall–Kier alpha value is -2.43. The Morgan fingerprint density at radius 3 is 2.54 bits per heavy atom. The van der Waals surface area contributed by atoms with E-state index in [0.29, 0.717) is 10.6 Å². The molecule has 24 heavy (non-hydrogen) atoms. The fraction of sp³-hybridized carbons (Fsp3) is 0.143. The van der Waals surface area contributed by atoms with Crippen LogP contribution in [0.25, 0.3) is 0 Å². The lowest BCUT2D eigenvalue weighted by atomic mass is 10.3. The van der Waals surface area contributed by atoms with Crippen LogP contribution in [-0.2, 0) is 14.8 Å². The van der Waals surface area contributed by atoms with Crippen LogP contribution in [0.3, 0.4) is 0 Å². The summed E-state index contributed by atoms with van der Waals surface area (Å²) in [4.78, 5) is 25.2. The molecule has 0 saturated carbocycles. The largest absolute Gasteiger partial charge is 0.495 e. The van der Waals surface area contributed by atoms with Gasteiger partial charge in [0.25, 0.3) is 15.9 Å². The molecule has 0 aliphatic rings.